The van der Waals surface area contributed by atoms with Crippen LogP contribution in [0, 0.1) is 5.92 Å². The molecule has 6 heteroatoms. The number of likely N-dealkylation sites (N-methyl/N-ethyl adjacent to an activating group) is 1. The number of aromatic nitrogens is 2. The highest BCUT2D eigenvalue weighted by Crippen LogP contribution is 2.23. The number of H-pyrrole nitrogens is 1. The Kier molecular flexibility index (Phi) is 5.51. The Hall–Kier alpha value is -2.89. The number of hydrogen-bond acceptors (Lipinski definition) is 3. The van der Waals surface area contributed by atoms with Gasteiger partial charge in [-0.25, -0.2) is 0 Å². The van der Waals surface area contributed by atoms with Gasteiger partial charge < -0.3 is 9.80 Å². The first-order valence-corrected chi connectivity index (χ1v) is 8.86. The largest absolute Gasteiger partial charge is 0.339 e. The standard InChI is InChI=1S/C20H24N4O2/c1-3-19(25)23(2)18-6-4-16(5-7-18)20(26)24-12-9-15(10-13-24)14-17-8-11-21-22-17/h3-8,11,15H,1,9-10,12-14H2,2H3,(H,21,22). The monoisotopic (exact) mass is 352 g/mol. The molecule has 0 unspecified atom stereocenters. The number of likely N-dealkylation sites (tertiary alicyclic amines) is 1. The van der Waals surface area contributed by atoms with Gasteiger partial charge in [0.15, 0.2) is 0 Å². The van der Waals surface area contributed by atoms with E-state index in [2.05, 4.69) is 16.8 Å². The van der Waals surface area contributed by atoms with E-state index in [1.54, 1.807) is 37.5 Å². The maximum atomic E-state index is 12.7. The number of aromatic amines is 1. The first-order valence-electron chi connectivity index (χ1n) is 8.86. The summed E-state index contributed by atoms with van der Waals surface area (Å²) in [5.41, 5.74) is 2.55. The summed E-state index contributed by atoms with van der Waals surface area (Å²) >= 11 is 0. The van der Waals surface area contributed by atoms with Crippen molar-refractivity contribution in [2.45, 2.75) is 19.3 Å². The summed E-state index contributed by atoms with van der Waals surface area (Å²) in [5, 5.41) is 6.99. The van der Waals surface area contributed by atoms with Gasteiger partial charge in [-0.1, -0.05) is 6.58 Å². The Morgan fingerprint density at radius 3 is 2.54 bits per heavy atom. The average molecular weight is 352 g/mol. The summed E-state index contributed by atoms with van der Waals surface area (Å²) in [6, 6.07) is 9.15. The fourth-order valence-corrected chi connectivity index (χ4v) is 3.32. The van der Waals surface area contributed by atoms with E-state index in [4.69, 9.17) is 0 Å². The normalized spacial score (nSPS) is 14.9. The molecule has 1 aromatic carbocycles. The minimum atomic E-state index is -0.177. The van der Waals surface area contributed by atoms with E-state index in [-0.39, 0.29) is 11.8 Å². The maximum absolute atomic E-state index is 12.7. The van der Waals surface area contributed by atoms with Gasteiger partial charge >= 0.3 is 0 Å². The fraction of sp³-hybridized carbons (Fsp3) is 0.350. The molecule has 1 saturated heterocycles. The van der Waals surface area contributed by atoms with Crippen molar-refractivity contribution >= 4 is 17.5 Å². The zero-order valence-electron chi connectivity index (χ0n) is 15.0. The maximum Gasteiger partial charge on any atom is 0.253 e. The summed E-state index contributed by atoms with van der Waals surface area (Å²) in [6.07, 6.45) is 6.03. The smallest absolute Gasteiger partial charge is 0.253 e. The number of carbonyl (C=O) groups is 2. The van der Waals surface area contributed by atoms with E-state index in [9.17, 15) is 9.59 Å². The number of nitrogens with one attached hydrogen (secondary N) is 1. The summed E-state index contributed by atoms with van der Waals surface area (Å²) in [6.45, 7) is 5.03. The molecule has 1 N–H and O–H groups in total. The lowest BCUT2D eigenvalue weighted by Crippen LogP contribution is -2.39. The van der Waals surface area contributed by atoms with Crippen molar-refractivity contribution in [2.24, 2.45) is 5.92 Å². The molecule has 0 bridgehead atoms. The van der Waals surface area contributed by atoms with Crippen molar-refractivity contribution < 1.29 is 9.59 Å². The molecule has 0 atom stereocenters. The number of nitrogens with zero attached hydrogens (tertiary/aromatic N) is 3. The van der Waals surface area contributed by atoms with E-state index >= 15 is 0 Å². The Morgan fingerprint density at radius 1 is 1.27 bits per heavy atom. The number of piperidine rings is 1. The van der Waals surface area contributed by atoms with Crippen LogP contribution >= 0.6 is 0 Å². The summed E-state index contributed by atoms with van der Waals surface area (Å²) in [4.78, 5) is 27.8. The zero-order valence-corrected chi connectivity index (χ0v) is 15.0. The quantitative estimate of drug-likeness (QED) is 0.841. The highest BCUT2D eigenvalue weighted by Gasteiger charge is 2.24. The molecule has 6 nitrogen and oxygen atoms in total. The Morgan fingerprint density at radius 2 is 1.96 bits per heavy atom. The lowest BCUT2D eigenvalue weighted by Gasteiger charge is -2.32. The zero-order chi connectivity index (χ0) is 18.5. The van der Waals surface area contributed by atoms with Crippen LogP contribution in [0.15, 0.2) is 49.2 Å². The molecule has 0 spiro atoms. The van der Waals surface area contributed by atoms with E-state index in [1.165, 1.54) is 11.0 Å². The number of anilines is 1. The second-order valence-electron chi connectivity index (χ2n) is 6.67. The fourth-order valence-electron chi connectivity index (χ4n) is 3.32. The van der Waals surface area contributed by atoms with Crippen LogP contribution in [0.1, 0.15) is 28.9 Å². The van der Waals surface area contributed by atoms with Crippen LogP contribution in [0.5, 0.6) is 0 Å². The molecule has 26 heavy (non-hydrogen) atoms. The average Bonchev–Trinajstić information content (AvgIpc) is 3.20. The van der Waals surface area contributed by atoms with Crippen molar-refractivity contribution in [1.29, 1.82) is 0 Å². The van der Waals surface area contributed by atoms with Crippen LogP contribution in [0.25, 0.3) is 0 Å². The van der Waals surface area contributed by atoms with Gasteiger partial charge in [0.2, 0.25) is 5.91 Å². The molecular formula is C20H24N4O2. The van der Waals surface area contributed by atoms with Crippen LogP contribution < -0.4 is 4.90 Å². The predicted molar refractivity (Wildman–Crippen MR) is 101 cm³/mol. The number of hydrogen-bond donors (Lipinski definition) is 1. The molecule has 3 rings (SSSR count). The molecule has 0 aliphatic carbocycles. The minimum Gasteiger partial charge on any atom is -0.339 e. The van der Waals surface area contributed by atoms with Crippen LogP contribution in [0.3, 0.4) is 0 Å². The third-order valence-corrected chi connectivity index (χ3v) is 4.98. The minimum absolute atomic E-state index is 0.0502. The first-order chi connectivity index (χ1) is 12.6. The SMILES string of the molecule is C=CC(=O)N(C)c1ccc(C(=O)N2CCC(Cc3ccn[nH]3)CC2)cc1. The summed E-state index contributed by atoms with van der Waals surface area (Å²) in [5.74, 6) is 0.457. The number of benzene rings is 1. The molecule has 2 aromatic rings. The topological polar surface area (TPSA) is 69.3 Å². The van der Waals surface area contributed by atoms with Gasteiger partial charge in [-0.15, -0.1) is 0 Å². The van der Waals surface area contributed by atoms with Crippen LogP contribution in [-0.4, -0.2) is 47.0 Å². The second-order valence-corrected chi connectivity index (χ2v) is 6.67. The van der Waals surface area contributed by atoms with Crippen molar-refractivity contribution in [3.8, 4) is 0 Å². The number of carbonyl (C=O) groups excluding carboxylic acids is 2. The highest BCUT2D eigenvalue weighted by atomic mass is 16.2. The van der Waals surface area contributed by atoms with Gasteiger partial charge in [-0.3, -0.25) is 14.7 Å². The van der Waals surface area contributed by atoms with Crippen molar-refractivity contribution in [1.82, 2.24) is 15.1 Å². The lowest BCUT2D eigenvalue weighted by atomic mass is 9.92. The molecule has 136 valence electrons. The second kappa shape index (κ2) is 7.99. The lowest BCUT2D eigenvalue weighted by molar-refractivity contribution is -0.113. The Labute approximate surface area is 153 Å². The van der Waals surface area contributed by atoms with Gasteiger partial charge in [-0.2, -0.15) is 5.10 Å². The molecule has 2 heterocycles. The third-order valence-electron chi connectivity index (χ3n) is 4.98. The molecular weight excluding hydrogens is 328 g/mol. The van der Waals surface area contributed by atoms with Gasteiger partial charge in [0.1, 0.15) is 0 Å². The first kappa shape index (κ1) is 17.9. The molecule has 1 aliphatic rings. The Bertz CT molecular complexity index is 760. The van der Waals surface area contributed by atoms with E-state index in [0.717, 1.165) is 43.7 Å². The number of amides is 2. The molecule has 0 radical (unpaired) electrons. The highest BCUT2D eigenvalue weighted by molar-refractivity contribution is 6.01. The van der Waals surface area contributed by atoms with Crippen molar-refractivity contribution in [3.05, 3.63) is 60.4 Å². The van der Waals surface area contributed by atoms with Gasteiger partial charge in [-0.05, 0) is 61.6 Å². The Balaban J connectivity index is 1.56. The van der Waals surface area contributed by atoms with Gasteiger partial charge in [0, 0.05) is 43.3 Å². The number of rotatable bonds is 5. The summed E-state index contributed by atoms with van der Waals surface area (Å²) in [7, 11) is 1.69. The summed E-state index contributed by atoms with van der Waals surface area (Å²) < 4.78 is 0. The van der Waals surface area contributed by atoms with Crippen LogP contribution in [-0.2, 0) is 11.2 Å². The molecule has 2 amide bonds. The molecule has 0 saturated carbocycles. The van der Waals surface area contributed by atoms with Gasteiger partial charge in [0.05, 0.1) is 0 Å². The van der Waals surface area contributed by atoms with E-state index < -0.39 is 0 Å². The van der Waals surface area contributed by atoms with Crippen LogP contribution in [0.4, 0.5) is 5.69 Å². The van der Waals surface area contributed by atoms with E-state index in [0.29, 0.717) is 11.5 Å². The van der Waals surface area contributed by atoms with Gasteiger partial charge in [0.25, 0.3) is 5.91 Å². The van der Waals surface area contributed by atoms with Crippen LogP contribution in [0.2, 0.25) is 0 Å². The van der Waals surface area contributed by atoms with Crippen molar-refractivity contribution in [3.63, 3.8) is 0 Å². The van der Waals surface area contributed by atoms with E-state index in [1.807, 2.05) is 11.0 Å². The van der Waals surface area contributed by atoms with Crippen molar-refractivity contribution in [2.75, 3.05) is 25.0 Å². The molecule has 1 fully saturated rings. The molecule has 1 aliphatic heterocycles. The molecule has 1 aromatic heterocycles. The predicted octanol–water partition coefficient (Wildman–Crippen LogP) is 2.65. The third kappa shape index (κ3) is 4.02.